The Bertz CT molecular complexity index is 616. The fourth-order valence-corrected chi connectivity index (χ4v) is 2.99. The van der Waals surface area contributed by atoms with E-state index in [1.165, 1.54) is 12.1 Å². The topological polar surface area (TPSA) is 37.3 Å². The average molecular weight is 341 g/mol. The van der Waals surface area contributed by atoms with Gasteiger partial charge in [-0.05, 0) is 35.9 Å². The van der Waals surface area contributed by atoms with Gasteiger partial charge in [0.1, 0.15) is 5.82 Å². The summed E-state index contributed by atoms with van der Waals surface area (Å²) in [6, 6.07) is 12.0. The maximum atomic E-state index is 13.5. The Morgan fingerprint density at radius 3 is 2.68 bits per heavy atom. The number of carboxylic acid groups (broad SMARTS) is 1. The summed E-state index contributed by atoms with van der Waals surface area (Å²) < 4.78 is 14.5. The monoisotopic (exact) mass is 340 g/mol. The number of rotatable bonds is 4. The van der Waals surface area contributed by atoms with Crippen molar-refractivity contribution < 1.29 is 14.3 Å². The smallest absolute Gasteiger partial charge is 0.338 e. The van der Waals surface area contributed by atoms with E-state index in [1.54, 1.807) is 17.8 Å². The molecular formula is C14H10BrFO2S. The first-order chi connectivity index (χ1) is 9.06. The highest BCUT2D eigenvalue weighted by atomic mass is 79.9. The van der Waals surface area contributed by atoms with E-state index in [9.17, 15) is 9.18 Å². The molecule has 0 unspecified atom stereocenters. The Hall–Kier alpha value is -1.33. The standard InChI is InChI=1S/C14H10BrFO2S/c15-10-2-1-3-11(7-10)19-8-9-4-5-12(14(17)18)13(16)6-9/h1-7H,8H2,(H,17,18). The minimum absolute atomic E-state index is 0.295. The van der Waals surface area contributed by atoms with Crippen LogP contribution in [0.3, 0.4) is 0 Å². The molecule has 0 aliphatic carbocycles. The Labute approximate surface area is 122 Å². The van der Waals surface area contributed by atoms with Crippen molar-refractivity contribution in [3.8, 4) is 0 Å². The molecule has 0 aromatic heterocycles. The van der Waals surface area contributed by atoms with Crippen molar-refractivity contribution in [3.05, 3.63) is 63.9 Å². The lowest BCUT2D eigenvalue weighted by molar-refractivity contribution is 0.0692. The van der Waals surface area contributed by atoms with Crippen LogP contribution in [0.25, 0.3) is 0 Å². The van der Waals surface area contributed by atoms with Gasteiger partial charge in [-0.1, -0.05) is 28.1 Å². The van der Waals surface area contributed by atoms with Gasteiger partial charge in [0.15, 0.2) is 0 Å². The van der Waals surface area contributed by atoms with Crippen molar-refractivity contribution in [1.29, 1.82) is 0 Å². The predicted molar refractivity (Wildman–Crippen MR) is 77.1 cm³/mol. The van der Waals surface area contributed by atoms with E-state index in [0.29, 0.717) is 5.75 Å². The van der Waals surface area contributed by atoms with Crippen LogP contribution in [0.5, 0.6) is 0 Å². The van der Waals surface area contributed by atoms with E-state index < -0.39 is 11.8 Å². The summed E-state index contributed by atoms with van der Waals surface area (Å²) >= 11 is 4.95. The fourth-order valence-electron chi connectivity index (χ4n) is 1.55. The number of aromatic carboxylic acids is 1. The van der Waals surface area contributed by atoms with Gasteiger partial charge in [-0.15, -0.1) is 11.8 Å². The molecule has 2 nitrogen and oxygen atoms in total. The lowest BCUT2D eigenvalue weighted by atomic mass is 10.1. The van der Waals surface area contributed by atoms with E-state index in [2.05, 4.69) is 15.9 Å². The summed E-state index contributed by atoms with van der Waals surface area (Å²) in [5.41, 5.74) is 0.462. The third-order valence-electron chi connectivity index (χ3n) is 2.47. The van der Waals surface area contributed by atoms with E-state index in [1.807, 2.05) is 24.3 Å². The largest absolute Gasteiger partial charge is 0.478 e. The highest BCUT2D eigenvalue weighted by Crippen LogP contribution is 2.26. The second kappa shape index (κ2) is 6.21. The SMILES string of the molecule is O=C(O)c1ccc(CSc2cccc(Br)c2)cc1F. The first kappa shape index (κ1) is 14.1. The van der Waals surface area contributed by atoms with Gasteiger partial charge >= 0.3 is 5.97 Å². The molecule has 2 aromatic rings. The third kappa shape index (κ3) is 3.81. The molecule has 0 fully saturated rings. The quantitative estimate of drug-likeness (QED) is 0.827. The van der Waals surface area contributed by atoms with Crippen LogP contribution in [-0.4, -0.2) is 11.1 Å². The summed E-state index contributed by atoms with van der Waals surface area (Å²) in [5.74, 6) is -1.35. The summed E-state index contributed by atoms with van der Waals surface area (Å²) in [7, 11) is 0. The van der Waals surface area contributed by atoms with Crippen LogP contribution < -0.4 is 0 Å². The van der Waals surface area contributed by atoms with Gasteiger partial charge in [0.2, 0.25) is 0 Å². The van der Waals surface area contributed by atoms with Gasteiger partial charge in [-0.2, -0.15) is 0 Å². The van der Waals surface area contributed by atoms with E-state index in [4.69, 9.17) is 5.11 Å². The number of carbonyl (C=O) groups is 1. The second-order valence-electron chi connectivity index (χ2n) is 3.87. The van der Waals surface area contributed by atoms with Crippen LogP contribution in [0.1, 0.15) is 15.9 Å². The molecule has 0 radical (unpaired) electrons. The number of hydrogen-bond donors (Lipinski definition) is 1. The number of carboxylic acids is 1. The van der Waals surface area contributed by atoms with Gasteiger partial charge in [-0.25, -0.2) is 9.18 Å². The highest BCUT2D eigenvalue weighted by Gasteiger charge is 2.10. The van der Waals surface area contributed by atoms with Crippen LogP contribution in [0, 0.1) is 5.82 Å². The molecule has 0 aliphatic rings. The van der Waals surface area contributed by atoms with Crippen molar-refractivity contribution >= 4 is 33.7 Å². The molecule has 19 heavy (non-hydrogen) atoms. The molecule has 2 rings (SSSR count). The van der Waals surface area contributed by atoms with Crippen molar-refractivity contribution in [3.63, 3.8) is 0 Å². The first-order valence-corrected chi connectivity index (χ1v) is 7.24. The molecule has 1 N–H and O–H groups in total. The Kier molecular flexibility index (Phi) is 4.61. The normalized spacial score (nSPS) is 10.4. The molecule has 0 saturated carbocycles. The van der Waals surface area contributed by atoms with Gasteiger partial charge in [-0.3, -0.25) is 0 Å². The van der Waals surface area contributed by atoms with E-state index in [-0.39, 0.29) is 5.56 Å². The van der Waals surface area contributed by atoms with Crippen LogP contribution in [-0.2, 0) is 5.75 Å². The van der Waals surface area contributed by atoms with Crippen molar-refractivity contribution in [2.45, 2.75) is 10.6 Å². The van der Waals surface area contributed by atoms with Crippen LogP contribution in [0.4, 0.5) is 4.39 Å². The maximum absolute atomic E-state index is 13.5. The van der Waals surface area contributed by atoms with Crippen LogP contribution in [0.15, 0.2) is 51.8 Å². The fraction of sp³-hybridized carbons (Fsp3) is 0.0714. The zero-order valence-electron chi connectivity index (χ0n) is 9.77. The minimum Gasteiger partial charge on any atom is -0.478 e. The Morgan fingerprint density at radius 2 is 2.05 bits per heavy atom. The van der Waals surface area contributed by atoms with Crippen molar-refractivity contribution in [2.75, 3.05) is 0 Å². The molecule has 98 valence electrons. The minimum atomic E-state index is -1.25. The number of hydrogen-bond acceptors (Lipinski definition) is 2. The number of halogens is 2. The Morgan fingerprint density at radius 1 is 1.26 bits per heavy atom. The van der Waals surface area contributed by atoms with Gasteiger partial charge in [0.05, 0.1) is 5.56 Å². The maximum Gasteiger partial charge on any atom is 0.338 e. The van der Waals surface area contributed by atoms with Crippen LogP contribution in [0.2, 0.25) is 0 Å². The first-order valence-electron chi connectivity index (χ1n) is 5.46. The molecule has 0 saturated heterocycles. The zero-order chi connectivity index (χ0) is 13.8. The highest BCUT2D eigenvalue weighted by molar-refractivity contribution is 9.10. The molecule has 0 spiro atoms. The molecule has 0 amide bonds. The number of benzene rings is 2. The van der Waals surface area contributed by atoms with Crippen LogP contribution >= 0.6 is 27.7 Å². The van der Waals surface area contributed by atoms with Crippen molar-refractivity contribution in [1.82, 2.24) is 0 Å². The van der Waals surface area contributed by atoms with Gasteiger partial charge in [0, 0.05) is 15.1 Å². The molecule has 2 aromatic carbocycles. The molecule has 0 aliphatic heterocycles. The summed E-state index contributed by atoms with van der Waals surface area (Å²) in [4.78, 5) is 11.8. The third-order valence-corrected chi connectivity index (χ3v) is 4.02. The summed E-state index contributed by atoms with van der Waals surface area (Å²) in [5, 5.41) is 8.74. The second-order valence-corrected chi connectivity index (χ2v) is 5.83. The van der Waals surface area contributed by atoms with E-state index in [0.717, 1.165) is 14.9 Å². The van der Waals surface area contributed by atoms with Gasteiger partial charge < -0.3 is 5.11 Å². The summed E-state index contributed by atoms with van der Waals surface area (Å²) in [6.07, 6.45) is 0. The molecule has 5 heteroatoms. The number of thioether (sulfide) groups is 1. The summed E-state index contributed by atoms with van der Waals surface area (Å²) in [6.45, 7) is 0. The molecule has 0 bridgehead atoms. The lowest BCUT2D eigenvalue weighted by Gasteiger charge is -2.04. The molecule has 0 atom stereocenters. The molecule has 0 heterocycles. The zero-order valence-corrected chi connectivity index (χ0v) is 12.2. The predicted octanol–water partition coefficient (Wildman–Crippen LogP) is 4.58. The van der Waals surface area contributed by atoms with Crippen molar-refractivity contribution in [2.24, 2.45) is 0 Å². The average Bonchev–Trinajstić information content (AvgIpc) is 2.36. The van der Waals surface area contributed by atoms with E-state index >= 15 is 0 Å². The lowest BCUT2D eigenvalue weighted by Crippen LogP contribution is -2.00. The van der Waals surface area contributed by atoms with Gasteiger partial charge in [0.25, 0.3) is 0 Å². The Balaban J connectivity index is 2.08. The molecular weight excluding hydrogens is 331 g/mol.